The molecule has 0 aromatic carbocycles. The highest BCUT2D eigenvalue weighted by Crippen LogP contribution is 2.06. The van der Waals surface area contributed by atoms with Crippen LogP contribution in [-0.4, -0.2) is 30.0 Å². The molecule has 1 aliphatic rings. The monoisotopic (exact) mass is 145 g/mol. The van der Waals surface area contributed by atoms with Gasteiger partial charge in [-0.1, -0.05) is 0 Å². The second-order valence-electron chi connectivity index (χ2n) is 2.45. The van der Waals surface area contributed by atoms with Gasteiger partial charge in [0.25, 0.3) is 0 Å². The molecule has 58 valence electrons. The van der Waals surface area contributed by atoms with Crippen LogP contribution in [0.4, 0.5) is 0 Å². The van der Waals surface area contributed by atoms with Crippen LogP contribution in [0.15, 0.2) is 0 Å². The lowest BCUT2D eigenvalue weighted by Crippen LogP contribution is -2.45. The van der Waals surface area contributed by atoms with Crippen molar-refractivity contribution >= 4 is 5.97 Å². The summed E-state index contributed by atoms with van der Waals surface area (Å²) in [5.41, 5.74) is 0. The Morgan fingerprint density at radius 1 is 1.80 bits per heavy atom. The molecule has 0 aromatic heterocycles. The van der Waals surface area contributed by atoms with Gasteiger partial charge in [-0.05, 0) is 13.3 Å². The van der Waals surface area contributed by atoms with Crippen molar-refractivity contribution in [1.82, 2.24) is 5.32 Å². The second-order valence-corrected chi connectivity index (χ2v) is 2.45. The topological polar surface area (TPSA) is 58.6 Å². The van der Waals surface area contributed by atoms with E-state index in [0.717, 1.165) is 0 Å². The Hall–Kier alpha value is -0.610. The molecule has 10 heavy (non-hydrogen) atoms. The van der Waals surface area contributed by atoms with Crippen molar-refractivity contribution in [3.63, 3.8) is 0 Å². The quantitative estimate of drug-likeness (QED) is 0.536. The fourth-order valence-electron chi connectivity index (χ4n) is 0.962. The van der Waals surface area contributed by atoms with Gasteiger partial charge in [0.05, 0.1) is 12.8 Å². The summed E-state index contributed by atoms with van der Waals surface area (Å²) in [5.74, 6) is -0.796. The first kappa shape index (κ1) is 7.50. The van der Waals surface area contributed by atoms with Crippen LogP contribution in [0.25, 0.3) is 0 Å². The standard InChI is InChI=1S/C6H11NO3/c1-4-2-5(6(8)9)7-3-10-4/h4-5,7H,2-3H2,1H3,(H,8,9)/t4-,5-/m1/s1. The average Bonchev–Trinajstić information content (AvgIpc) is 1.88. The molecule has 1 saturated heterocycles. The molecule has 0 aromatic rings. The molecular formula is C6H11NO3. The van der Waals surface area contributed by atoms with E-state index in [-0.39, 0.29) is 6.10 Å². The van der Waals surface area contributed by atoms with Crippen LogP contribution < -0.4 is 5.32 Å². The minimum absolute atomic E-state index is 0.0577. The maximum Gasteiger partial charge on any atom is 0.320 e. The maximum absolute atomic E-state index is 10.4. The van der Waals surface area contributed by atoms with Crippen LogP contribution in [0.5, 0.6) is 0 Å². The van der Waals surface area contributed by atoms with Gasteiger partial charge in [-0.3, -0.25) is 10.1 Å². The molecule has 4 heteroatoms. The minimum atomic E-state index is -0.796. The van der Waals surface area contributed by atoms with Crippen molar-refractivity contribution in [1.29, 1.82) is 0 Å². The van der Waals surface area contributed by atoms with Gasteiger partial charge in [-0.15, -0.1) is 0 Å². The Morgan fingerprint density at radius 2 is 2.50 bits per heavy atom. The van der Waals surface area contributed by atoms with Gasteiger partial charge in [0.2, 0.25) is 0 Å². The fraction of sp³-hybridized carbons (Fsp3) is 0.833. The molecule has 1 heterocycles. The van der Waals surface area contributed by atoms with E-state index in [2.05, 4.69) is 5.32 Å². The first-order valence-corrected chi connectivity index (χ1v) is 3.28. The smallest absolute Gasteiger partial charge is 0.320 e. The number of nitrogens with one attached hydrogen (secondary N) is 1. The van der Waals surface area contributed by atoms with Crippen LogP contribution in [-0.2, 0) is 9.53 Å². The Morgan fingerprint density at radius 3 is 2.90 bits per heavy atom. The lowest BCUT2D eigenvalue weighted by atomic mass is 10.1. The molecule has 1 aliphatic heterocycles. The van der Waals surface area contributed by atoms with E-state index in [1.807, 2.05) is 6.92 Å². The van der Waals surface area contributed by atoms with Crippen molar-refractivity contribution in [2.45, 2.75) is 25.5 Å². The van der Waals surface area contributed by atoms with E-state index in [4.69, 9.17) is 9.84 Å². The van der Waals surface area contributed by atoms with E-state index in [1.165, 1.54) is 0 Å². The number of carbonyl (C=O) groups is 1. The first-order valence-electron chi connectivity index (χ1n) is 3.28. The molecule has 1 rings (SSSR count). The molecule has 0 bridgehead atoms. The first-order chi connectivity index (χ1) is 4.70. The van der Waals surface area contributed by atoms with Crippen molar-refractivity contribution in [3.8, 4) is 0 Å². The van der Waals surface area contributed by atoms with Gasteiger partial charge in [-0.2, -0.15) is 0 Å². The van der Waals surface area contributed by atoms with Gasteiger partial charge < -0.3 is 9.84 Å². The summed E-state index contributed by atoms with van der Waals surface area (Å²) in [5, 5.41) is 11.3. The van der Waals surface area contributed by atoms with Gasteiger partial charge in [0.1, 0.15) is 6.04 Å². The molecule has 4 nitrogen and oxygen atoms in total. The van der Waals surface area contributed by atoms with Crippen LogP contribution in [0.1, 0.15) is 13.3 Å². The van der Waals surface area contributed by atoms with Crippen molar-refractivity contribution in [2.24, 2.45) is 0 Å². The molecule has 2 N–H and O–H groups in total. The van der Waals surface area contributed by atoms with Crippen molar-refractivity contribution in [3.05, 3.63) is 0 Å². The van der Waals surface area contributed by atoms with Crippen LogP contribution in [0, 0.1) is 0 Å². The number of rotatable bonds is 1. The summed E-state index contributed by atoms with van der Waals surface area (Å²) < 4.78 is 5.08. The highest BCUT2D eigenvalue weighted by Gasteiger charge is 2.23. The Kier molecular flexibility index (Phi) is 2.24. The summed E-state index contributed by atoms with van der Waals surface area (Å²) in [6.07, 6.45) is 0.609. The van der Waals surface area contributed by atoms with E-state index < -0.39 is 12.0 Å². The average molecular weight is 145 g/mol. The Labute approximate surface area is 59.2 Å². The predicted molar refractivity (Wildman–Crippen MR) is 34.6 cm³/mol. The third-order valence-electron chi connectivity index (χ3n) is 1.56. The lowest BCUT2D eigenvalue weighted by Gasteiger charge is -2.25. The summed E-state index contributed by atoms with van der Waals surface area (Å²) in [4.78, 5) is 10.4. The molecular weight excluding hydrogens is 134 g/mol. The second kappa shape index (κ2) is 2.98. The van der Waals surface area contributed by atoms with Crippen LogP contribution >= 0.6 is 0 Å². The zero-order valence-corrected chi connectivity index (χ0v) is 5.83. The van der Waals surface area contributed by atoms with E-state index in [0.29, 0.717) is 13.2 Å². The third kappa shape index (κ3) is 1.68. The molecule has 1 fully saturated rings. The van der Waals surface area contributed by atoms with Gasteiger partial charge in [0.15, 0.2) is 0 Å². The molecule has 0 unspecified atom stereocenters. The van der Waals surface area contributed by atoms with Crippen molar-refractivity contribution in [2.75, 3.05) is 6.73 Å². The SMILES string of the molecule is C[C@@H]1C[C@H](C(=O)O)NCO1. The normalized spacial score (nSPS) is 33.7. The fourth-order valence-corrected chi connectivity index (χ4v) is 0.962. The zero-order chi connectivity index (χ0) is 7.56. The molecule has 2 atom stereocenters. The molecule has 0 radical (unpaired) electrons. The summed E-state index contributed by atoms with van der Waals surface area (Å²) in [7, 11) is 0. The van der Waals surface area contributed by atoms with Crippen LogP contribution in [0.3, 0.4) is 0 Å². The molecule has 0 aliphatic carbocycles. The summed E-state index contributed by atoms with van der Waals surface area (Å²) in [6, 6.07) is -0.427. The van der Waals surface area contributed by atoms with Gasteiger partial charge in [0, 0.05) is 0 Å². The van der Waals surface area contributed by atoms with E-state index >= 15 is 0 Å². The Balaban J connectivity index is 2.39. The number of aliphatic carboxylic acids is 1. The molecule has 0 spiro atoms. The summed E-state index contributed by atoms with van der Waals surface area (Å²) >= 11 is 0. The number of carboxylic acid groups (broad SMARTS) is 1. The van der Waals surface area contributed by atoms with E-state index in [1.54, 1.807) is 0 Å². The maximum atomic E-state index is 10.4. The van der Waals surface area contributed by atoms with E-state index in [9.17, 15) is 4.79 Å². The summed E-state index contributed by atoms with van der Waals surface area (Å²) in [6.45, 7) is 2.22. The number of carboxylic acids is 1. The van der Waals surface area contributed by atoms with Gasteiger partial charge >= 0.3 is 5.97 Å². The predicted octanol–water partition coefficient (Wildman–Crippen LogP) is -0.205. The highest BCUT2D eigenvalue weighted by molar-refractivity contribution is 5.73. The largest absolute Gasteiger partial charge is 0.480 e. The number of hydrogen-bond donors (Lipinski definition) is 2. The Bertz CT molecular complexity index is 137. The number of hydrogen-bond acceptors (Lipinski definition) is 3. The zero-order valence-electron chi connectivity index (χ0n) is 5.83. The minimum Gasteiger partial charge on any atom is -0.480 e. The highest BCUT2D eigenvalue weighted by atomic mass is 16.5. The van der Waals surface area contributed by atoms with Crippen LogP contribution in [0.2, 0.25) is 0 Å². The number of ether oxygens (including phenoxy) is 1. The molecule has 0 amide bonds. The van der Waals surface area contributed by atoms with Gasteiger partial charge in [-0.25, -0.2) is 0 Å². The molecule has 0 saturated carbocycles. The van der Waals surface area contributed by atoms with Crippen molar-refractivity contribution < 1.29 is 14.6 Å². The lowest BCUT2D eigenvalue weighted by molar-refractivity contribution is -0.143. The third-order valence-corrected chi connectivity index (χ3v) is 1.56.